The highest BCUT2D eigenvalue weighted by Crippen LogP contribution is 2.35. The number of halogens is 2. The third-order valence-electron chi connectivity index (χ3n) is 4.55. The molecule has 0 amide bonds. The molecule has 1 saturated heterocycles. The number of piperazine rings is 1. The summed E-state index contributed by atoms with van der Waals surface area (Å²) in [7, 11) is -3.69. The van der Waals surface area contributed by atoms with Gasteiger partial charge in [0.05, 0.1) is 10.9 Å². The molecule has 0 spiro atoms. The first kappa shape index (κ1) is 20.2. The van der Waals surface area contributed by atoms with Gasteiger partial charge in [-0.1, -0.05) is 23.7 Å². The van der Waals surface area contributed by atoms with E-state index in [4.69, 9.17) is 21.1 Å². The van der Waals surface area contributed by atoms with Crippen LogP contribution in [-0.4, -0.2) is 45.6 Å². The van der Waals surface area contributed by atoms with Crippen molar-refractivity contribution in [2.75, 3.05) is 32.8 Å². The number of ether oxygens (including phenoxy) is 2. The van der Waals surface area contributed by atoms with Crippen LogP contribution in [0.3, 0.4) is 0 Å². The fraction of sp³-hybridized carbons (Fsp3) is 0.333. The lowest BCUT2D eigenvalue weighted by Gasteiger charge is -2.35. The van der Waals surface area contributed by atoms with Crippen molar-refractivity contribution in [1.82, 2.24) is 9.62 Å². The Balaban J connectivity index is 0.00000210. The van der Waals surface area contributed by atoms with Crippen LogP contribution < -0.4 is 14.8 Å². The highest BCUT2D eigenvalue weighted by molar-refractivity contribution is 7.89. The van der Waals surface area contributed by atoms with Gasteiger partial charge in [-0.3, -0.25) is 0 Å². The highest BCUT2D eigenvalue weighted by Gasteiger charge is 2.35. The molecule has 0 bridgehead atoms. The summed E-state index contributed by atoms with van der Waals surface area (Å²) < 4.78 is 39.2. The van der Waals surface area contributed by atoms with Gasteiger partial charge in [0, 0.05) is 30.7 Å². The lowest BCUT2D eigenvalue weighted by molar-refractivity contribution is 0.171. The van der Waals surface area contributed by atoms with Crippen LogP contribution in [0.2, 0.25) is 5.02 Å². The number of rotatable bonds is 3. The molecule has 1 fully saturated rings. The maximum absolute atomic E-state index is 13.3. The first-order chi connectivity index (χ1) is 12.6. The summed E-state index contributed by atoms with van der Waals surface area (Å²) in [5.41, 5.74) is 0.866. The van der Waals surface area contributed by atoms with Crippen molar-refractivity contribution in [1.29, 1.82) is 0 Å². The third kappa shape index (κ3) is 4.02. The van der Waals surface area contributed by atoms with Crippen molar-refractivity contribution in [3.8, 4) is 11.5 Å². The summed E-state index contributed by atoms with van der Waals surface area (Å²) >= 11 is 6.10. The highest BCUT2D eigenvalue weighted by atomic mass is 35.5. The van der Waals surface area contributed by atoms with E-state index in [-0.39, 0.29) is 23.3 Å². The molecule has 0 saturated carbocycles. The summed E-state index contributed by atoms with van der Waals surface area (Å²) in [6.45, 7) is 2.39. The topological polar surface area (TPSA) is 67.9 Å². The molecule has 0 aromatic heterocycles. The molecular formula is C18H20Cl2N2O4S. The lowest BCUT2D eigenvalue weighted by atomic mass is 10.1. The molecule has 1 unspecified atom stereocenters. The maximum atomic E-state index is 13.3. The normalized spacial score (nSPS) is 20.0. The third-order valence-corrected chi connectivity index (χ3v) is 6.69. The largest absolute Gasteiger partial charge is 0.486 e. The van der Waals surface area contributed by atoms with E-state index in [1.807, 2.05) is 18.2 Å². The van der Waals surface area contributed by atoms with Crippen molar-refractivity contribution in [2.45, 2.75) is 10.9 Å². The zero-order valence-electron chi connectivity index (χ0n) is 14.4. The van der Waals surface area contributed by atoms with E-state index in [2.05, 4.69) is 5.32 Å². The van der Waals surface area contributed by atoms with Crippen LogP contribution in [0.25, 0.3) is 0 Å². The van der Waals surface area contributed by atoms with E-state index in [0.717, 1.165) is 5.56 Å². The van der Waals surface area contributed by atoms with E-state index in [1.165, 1.54) is 4.31 Å². The second kappa shape index (κ2) is 8.24. The number of hydrogen-bond donors (Lipinski definition) is 1. The van der Waals surface area contributed by atoms with E-state index < -0.39 is 10.0 Å². The molecular weight excluding hydrogens is 411 g/mol. The van der Waals surface area contributed by atoms with Crippen molar-refractivity contribution >= 4 is 34.0 Å². The second-order valence-corrected chi connectivity index (χ2v) is 8.52. The molecule has 6 nitrogen and oxygen atoms in total. The average Bonchev–Trinajstić information content (AvgIpc) is 2.67. The molecule has 4 rings (SSSR count). The second-order valence-electron chi connectivity index (χ2n) is 6.20. The Morgan fingerprint density at radius 3 is 2.63 bits per heavy atom. The zero-order chi connectivity index (χ0) is 18.1. The van der Waals surface area contributed by atoms with Gasteiger partial charge >= 0.3 is 0 Å². The Hall–Kier alpha value is -1.51. The van der Waals surface area contributed by atoms with E-state index in [1.54, 1.807) is 24.3 Å². The summed E-state index contributed by atoms with van der Waals surface area (Å²) in [6.07, 6.45) is 0. The molecule has 0 aliphatic carbocycles. The Bertz CT molecular complexity index is 923. The van der Waals surface area contributed by atoms with E-state index in [0.29, 0.717) is 49.4 Å². The number of nitrogens with one attached hydrogen (secondary N) is 1. The predicted octanol–water partition coefficient (Wildman–Crippen LogP) is 2.87. The molecule has 2 aromatic rings. The summed E-state index contributed by atoms with van der Waals surface area (Å²) in [6, 6.07) is 11.8. The SMILES string of the molecule is Cl.O=S(=O)(c1ccc2c(c1)OCCO2)N1CCNCC1c1cccc(Cl)c1. The molecule has 146 valence electrons. The number of sulfonamides is 1. The number of nitrogens with zero attached hydrogens (tertiary/aromatic N) is 1. The first-order valence-electron chi connectivity index (χ1n) is 8.43. The number of hydrogen-bond acceptors (Lipinski definition) is 5. The molecule has 2 heterocycles. The van der Waals surface area contributed by atoms with E-state index in [9.17, 15) is 8.42 Å². The van der Waals surface area contributed by atoms with Gasteiger partial charge in [0.1, 0.15) is 13.2 Å². The smallest absolute Gasteiger partial charge is 0.243 e. The molecule has 1 N–H and O–H groups in total. The lowest BCUT2D eigenvalue weighted by Crippen LogP contribution is -2.48. The summed E-state index contributed by atoms with van der Waals surface area (Å²) in [5, 5.41) is 3.85. The Morgan fingerprint density at radius 2 is 1.85 bits per heavy atom. The minimum Gasteiger partial charge on any atom is -0.486 e. The molecule has 2 aliphatic rings. The van der Waals surface area contributed by atoms with Crippen LogP contribution in [-0.2, 0) is 10.0 Å². The van der Waals surface area contributed by atoms with Crippen LogP contribution in [0, 0.1) is 0 Å². The van der Waals surface area contributed by atoms with E-state index >= 15 is 0 Å². The van der Waals surface area contributed by atoms with Crippen LogP contribution >= 0.6 is 24.0 Å². The van der Waals surface area contributed by atoms with Gasteiger partial charge in [0.25, 0.3) is 0 Å². The van der Waals surface area contributed by atoms with Crippen molar-refractivity contribution in [2.24, 2.45) is 0 Å². The molecule has 1 atom stereocenters. The van der Waals surface area contributed by atoms with Gasteiger partial charge in [0.2, 0.25) is 10.0 Å². The Kier molecular flexibility index (Phi) is 6.18. The maximum Gasteiger partial charge on any atom is 0.243 e. The molecule has 9 heteroatoms. The molecule has 27 heavy (non-hydrogen) atoms. The summed E-state index contributed by atoms with van der Waals surface area (Å²) in [4.78, 5) is 0.204. The average molecular weight is 431 g/mol. The van der Waals surface area contributed by atoms with Crippen LogP contribution in [0.1, 0.15) is 11.6 Å². The van der Waals surface area contributed by atoms with Gasteiger partial charge in [-0.15, -0.1) is 12.4 Å². The van der Waals surface area contributed by atoms with Crippen molar-refractivity contribution < 1.29 is 17.9 Å². The van der Waals surface area contributed by atoms with Crippen LogP contribution in [0.15, 0.2) is 47.4 Å². The molecule has 0 radical (unpaired) electrons. The predicted molar refractivity (Wildman–Crippen MR) is 106 cm³/mol. The molecule has 2 aliphatic heterocycles. The van der Waals surface area contributed by atoms with Gasteiger partial charge in [-0.2, -0.15) is 4.31 Å². The fourth-order valence-corrected chi connectivity index (χ4v) is 5.12. The Morgan fingerprint density at radius 1 is 1.07 bits per heavy atom. The number of benzene rings is 2. The Labute approximate surface area is 169 Å². The fourth-order valence-electron chi connectivity index (χ4n) is 3.29. The van der Waals surface area contributed by atoms with Crippen LogP contribution in [0.5, 0.6) is 11.5 Å². The monoisotopic (exact) mass is 430 g/mol. The molecule has 2 aromatic carbocycles. The number of fused-ring (bicyclic) bond motifs is 1. The van der Waals surface area contributed by atoms with Gasteiger partial charge < -0.3 is 14.8 Å². The van der Waals surface area contributed by atoms with Crippen molar-refractivity contribution in [3.63, 3.8) is 0 Å². The van der Waals surface area contributed by atoms with Crippen molar-refractivity contribution in [3.05, 3.63) is 53.1 Å². The standard InChI is InChI=1S/C18H19ClN2O4S.ClH/c19-14-3-1-2-13(10-14)16-12-20-6-7-21(16)26(22,23)15-4-5-17-18(11-15)25-9-8-24-17;/h1-5,10-11,16,20H,6-9,12H2;1H. The van der Waals surface area contributed by atoms with Gasteiger partial charge in [-0.25, -0.2) is 8.42 Å². The van der Waals surface area contributed by atoms with Crippen LogP contribution in [0.4, 0.5) is 0 Å². The minimum absolute atomic E-state index is 0. The quantitative estimate of drug-likeness (QED) is 0.810. The summed E-state index contributed by atoms with van der Waals surface area (Å²) in [5.74, 6) is 1.04. The first-order valence-corrected chi connectivity index (χ1v) is 10.3. The van der Waals surface area contributed by atoms with Gasteiger partial charge in [-0.05, 0) is 29.8 Å². The zero-order valence-corrected chi connectivity index (χ0v) is 16.8. The minimum atomic E-state index is -3.69. The van der Waals surface area contributed by atoms with Gasteiger partial charge in [0.15, 0.2) is 11.5 Å².